The Labute approximate surface area is 196 Å². The van der Waals surface area contributed by atoms with Crippen LogP contribution in [0.1, 0.15) is 27.6 Å². The zero-order valence-electron chi connectivity index (χ0n) is 17.3. The molecular formula is C24H23ClN4O2S. The third-order valence-electron chi connectivity index (χ3n) is 5.26. The van der Waals surface area contributed by atoms with Crippen LogP contribution in [0.2, 0.25) is 5.02 Å². The van der Waals surface area contributed by atoms with E-state index in [1.165, 1.54) is 6.20 Å². The molecule has 32 heavy (non-hydrogen) atoms. The minimum Gasteiger partial charge on any atom is -0.384 e. The van der Waals surface area contributed by atoms with Gasteiger partial charge in [0, 0.05) is 23.8 Å². The SMILES string of the molecule is Nc1ccc(C(=O)NC[C@@H]2CCS[C@H](c3cccc(-c4ccc(Cl)cc4)c3)C(=O)N2)cn1. The van der Waals surface area contributed by atoms with Crippen molar-refractivity contribution in [2.24, 2.45) is 0 Å². The second-order valence-electron chi connectivity index (χ2n) is 7.56. The maximum Gasteiger partial charge on any atom is 0.252 e. The van der Waals surface area contributed by atoms with Crippen LogP contribution < -0.4 is 16.4 Å². The maximum absolute atomic E-state index is 13.0. The average Bonchev–Trinajstić information content (AvgIpc) is 2.99. The highest BCUT2D eigenvalue weighted by molar-refractivity contribution is 8.00. The summed E-state index contributed by atoms with van der Waals surface area (Å²) in [5.74, 6) is 0.879. The first kappa shape index (κ1) is 22.2. The number of nitrogens with zero attached hydrogens (tertiary/aromatic N) is 1. The molecule has 2 heterocycles. The molecule has 2 aromatic carbocycles. The molecule has 1 saturated heterocycles. The highest BCUT2D eigenvalue weighted by Gasteiger charge is 2.28. The quantitative estimate of drug-likeness (QED) is 0.526. The Kier molecular flexibility index (Phi) is 6.97. The summed E-state index contributed by atoms with van der Waals surface area (Å²) in [7, 11) is 0. The minimum atomic E-state index is -0.302. The zero-order valence-corrected chi connectivity index (χ0v) is 18.8. The molecule has 1 fully saturated rings. The van der Waals surface area contributed by atoms with E-state index in [1.54, 1.807) is 23.9 Å². The van der Waals surface area contributed by atoms with Crippen LogP contribution in [-0.4, -0.2) is 35.1 Å². The van der Waals surface area contributed by atoms with Crippen molar-refractivity contribution in [3.8, 4) is 11.1 Å². The van der Waals surface area contributed by atoms with E-state index in [0.717, 1.165) is 28.9 Å². The summed E-state index contributed by atoms with van der Waals surface area (Å²) in [6.07, 6.45) is 2.21. The number of anilines is 1. The molecular weight excluding hydrogens is 444 g/mol. The number of pyridine rings is 1. The van der Waals surface area contributed by atoms with Crippen LogP contribution >= 0.6 is 23.4 Å². The fraction of sp³-hybridized carbons (Fsp3) is 0.208. The molecule has 8 heteroatoms. The number of carbonyl (C=O) groups is 2. The van der Waals surface area contributed by atoms with Gasteiger partial charge in [0.1, 0.15) is 11.1 Å². The van der Waals surface area contributed by atoms with Crippen LogP contribution in [0.3, 0.4) is 0 Å². The second-order valence-corrected chi connectivity index (χ2v) is 9.21. The summed E-state index contributed by atoms with van der Waals surface area (Å²) in [4.78, 5) is 29.2. The van der Waals surface area contributed by atoms with Crippen molar-refractivity contribution in [2.75, 3.05) is 18.0 Å². The van der Waals surface area contributed by atoms with Gasteiger partial charge in [0.05, 0.1) is 5.56 Å². The van der Waals surface area contributed by atoms with E-state index in [2.05, 4.69) is 21.7 Å². The lowest BCUT2D eigenvalue weighted by molar-refractivity contribution is -0.121. The Hall–Kier alpha value is -3.03. The summed E-state index contributed by atoms with van der Waals surface area (Å²) >= 11 is 7.62. The normalized spacial score (nSPS) is 18.5. The molecule has 0 spiro atoms. The zero-order chi connectivity index (χ0) is 22.5. The first-order valence-electron chi connectivity index (χ1n) is 10.3. The number of hydrogen-bond acceptors (Lipinski definition) is 5. The topological polar surface area (TPSA) is 97.1 Å². The van der Waals surface area contributed by atoms with Gasteiger partial charge in [-0.05, 0) is 59.2 Å². The maximum atomic E-state index is 13.0. The number of benzene rings is 2. The molecule has 2 atom stereocenters. The molecule has 3 aromatic rings. The first-order chi connectivity index (χ1) is 15.5. The van der Waals surface area contributed by atoms with Crippen LogP contribution in [0.5, 0.6) is 0 Å². The van der Waals surface area contributed by atoms with E-state index in [1.807, 2.05) is 42.5 Å². The molecule has 6 nitrogen and oxygen atoms in total. The second kappa shape index (κ2) is 10.1. The van der Waals surface area contributed by atoms with Crippen molar-refractivity contribution in [1.82, 2.24) is 15.6 Å². The molecule has 0 saturated carbocycles. The van der Waals surface area contributed by atoms with Crippen LogP contribution in [0, 0.1) is 0 Å². The molecule has 1 aliphatic rings. The monoisotopic (exact) mass is 466 g/mol. The lowest BCUT2D eigenvalue weighted by Gasteiger charge is -2.18. The van der Waals surface area contributed by atoms with Crippen molar-refractivity contribution < 1.29 is 9.59 Å². The predicted octanol–water partition coefficient (Wildman–Crippen LogP) is 4.08. The van der Waals surface area contributed by atoms with Gasteiger partial charge in [0.2, 0.25) is 5.91 Å². The third kappa shape index (κ3) is 5.41. The van der Waals surface area contributed by atoms with E-state index in [9.17, 15) is 9.59 Å². The first-order valence-corrected chi connectivity index (χ1v) is 11.7. The smallest absolute Gasteiger partial charge is 0.252 e. The predicted molar refractivity (Wildman–Crippen MR) is 130 cm³/mol. The summed E-state index contributed by atoms with van der Waals surface area (Å²) in [6.45, 7) is 0.354. The molecule has 4 rings (SSSR count). The summed E-state index contributed by atoms with van der Waals surface area (Å²) < 4.78 is 0. The van der Waals surface area contributed by atoms with Gasteiger partial charge in [-0.25, -0.2) is 4.98 Å². The number of amides is 2. The fourth-order valence-electron chi connectivity index (χ4n) is 3.53. The standard InChI is InChI=1S/C24H23ClN4O2S/c25-19-7-4-15(5-8-19)16-2-1-3-17(12-16)22-24(31)29-20(10-11-32-22)14-28-23(30)18-6-9-21(26)27-13-18/h1-9,12-13,20,22H,10-11,14H2,(H2,26,27)(H,28,30)(H,29,31)/t20-,22+/m0/s1. The number of thioether (sulfide) groups is 1. The van der Waals surface area contributed by atoms with E-state index in [-0.39, 0.29) is 23.1 Å². The van der Waals surface area contributed by atoms with Crippen molar-refractivity contribution in [3.05, 3.63) is 83.0 Å². The third-order valence-corrected chi connectivity index (χ3v) is 6.80. The molecule has 0 bridgehead atoms. The van der Waals surface area contributed by atoms with E-state index >= 15 is 0 Å². The van der Waals surface area contributed by atoms with Gasteiger partial charge >= 0.3 is 0 Å². The lowest BCUT2D eigenvalue weighted by atomic mass is 10.0. The number of hydrogen-bond donors (Lipinski definition) is 3. The van der Waals surface area contributed by atoms with Gasteiger partial charge in [0.25, 0.3) is 5.91 Å². The van der Waals surface area contributed by atoms with Crippen molar-refractivity contribution >= 4 is 41.0 Å². The van der Waals surface area contributed by atoms with Gasteiger partial charge < -0.3 is 16.4 Å². The van der Waals surface area contributed by atoms with Gasteiger partial charge in [-0.2, -0.15) is 0 Å². The largest absolute Gasteiger partial charge is 0.384 e. The van der Waals surface area contributed by atoms with Gasteiger partial charge in [-0.15, -0.1) is 11.8 Å². The fourth-order valence-corrected chi connectivity index (χ4v) is 4.88. The van der Waals surface area contributed by atoms with Gasteiger partial charge in [-0.1, -0.05) is 41.9 Å². The van der Waals surface area contributed by atoms with E-state index < -0.39 is 0 Å². The Bertz CT molecular complexity index is 1110. The number of nitrogens with one attached hydrogen (secondary N) is 2. The number of halogens is 1. The Morgan fingerprint density at radius 2 is 1.97 bits per heavy atom. The van der Waals surface area contributed by atoms with Crippen LogP contribution in [0.4, 0.5) is 5.82 Å². The van der Waals surface area contributed by atoms with Crippen molar-refractivity contribution in [2.45, 2.75) is 17.7 Å². The van der Waals surface area contributed by atoms with Crippen molar-refractivity contribution in [1.29, 1.82) is 0 Å². The molecule has 4 N–H and O–H groups in total. The number of nitrogens with two attached hydrogens (primary N) is 1. The number of rotatable bonds is 5. The molecule has 0 radical (unpaired) electrons. The number of aromatic nitrogens is 1. The molecule has 1 aromatic heterocycles. The summed E-state index contributed by atoms with van der Waals surface area (Å²) in [6, 6.07) is 18.8. The van der Waals surface area contributed by atoms with Crippen molar-refractivity contribution in [3.63, 3.8) is 0 Å². The van der Waals surface area contributed by atoms with E-state index in [4.69, 9.17) is 17.3 Å². The van der Waals surface area contributed by atoms with Gasteiger partial charge in [-0.3, -0.25) is 9.59 Å². The minimum absolute atomic E-state index is 0.0471. The molecule has 0 unspecified atom stereocenters. The molecule has 2 amide bonds. The van der Waals surface area contributed by atoms with E-state index in [0.29, 0.717) is 22.9 Å². The Morgan fingerprint density at radius 3 is 2.72 bits per heavy atom. The highest BCUT2D eigenvalue weighted by Crippen LogP contribution is 2.34. The summed E-state index contributed by atoms with van der Waals surface area (Å²) in [5, 5.41) is 6.34. The average molecular weight is 467 g/mol. The highest BCUT2D eigenvalue weighted by atomic mass is 35.5. The molecule has 0 aliphatic carbocycles. The van der Waals surface area contributed by atoms with Gasteiger partial charge in [0.15, 0.2) is 0 Å². The Balaban J connectivity index is 1.40. The van der Waals surface area contributed by atoms with Crippen LogP contribution in [0.25, 0.3) is 11.1 Å². The van der Waals surface area contributed by atoms with Crippen LogP contribution in [0.15, 0.2) is 66.9 Å². The molecule has 164 valence electrons. The number of carbonyl (C=O) groups excluding carboxylic acids is 2. The van der Waals surface area contributed by atoms with Crippen LogP contribution in [-0.2, 0) is 4.79 Å². The lowest BCUT2D eigenvalue weighted by Crippen LogP contribution is -2.43. The summed E-state index contributed by atoms with van der Waals surface area (Å²) in [5.41, 5.74) is 9.04. The number of nitrogen functional groups attached to an aromatic ring is 1. The Morgan fingerprint density at radius 1 is 1.16 bits per heavy atom. The molecule has 1 aliphatic heterocycles.